The normalized spacial score (nSPS) is 13.5. The molecule has 0 saturated heterocycles. The average Bonchev–Trinajstić information content (AvgIpc) is 2.84. The molecular weight excluding hydrogens is 325 g/mol. The summed E-state index contributed by atoms with van der Waals surface area (Å²) in [6, 6.07) is 4.35. The second-order valence-electron chi connectivity index (χ2n) is 5.03. The van der Waals surface area contributed by atoms with Gasteiger partial charge in [0.15, 0.2) is 5.82 Å². The van der Waals surface area contributed by atoms with Crippen LogP contribution in [0.25, 0.3) is 0 Å². The van der Waals surface area contributed by atoms with Gasteiger partial charge < -0.3 is 15.2 Å². The maximum Gasteiger partial charge on any atom is 0.315 e. The highest BCUT2D eigenvalue weighted by Crippen LogP contribution is 2.26. The zero-order valence-corrected chi connectivity index (χ0v) is 14.0. The Morgan fingerprint density at radius 1 is 1.23 bits per heavy atom. The number of carbonyl (C=O) groups is 1. The Hall–Kier alpha value is -1.79. The predicted octanol–water partition coefficient (Wildman–Crippen LogP) is 3.24. The first kappa shape index (κ1) is 16.6. The van der Waals surface area contributed by atoms with Gasteiger partial charge in [-0.2, -0.15) is 0 Å². The summed E-state index contributed by atoms with van der Waals surface area (Å²) in [6.45, 7) is 3.69. The summed E-state index contributed by atoms with van der Waals surface area (Å²) in [5, 5.41) is 14.5. The Morgan fingerprint density at radius 2 is 1.91 bits per heavy atom. The number of nitrogens with zero attached hydrogens (tertiary/aromatic N) is 3. The van der Waals surface area contributed by atoms with Gasteiger partial charge in [-0.1, -0.05) is 29.3 Å². The Bertz CT molecular complexity index is 673. The highest BCUT2D eigenvalue weighted by molar-refractivity contribution is 6.35. The summed E-state index contributed by atoms with van der Waals surface area (Å²) in [4.78, 5) is 12.1. The topological polar surface area (TPSA) is 71.8 Å². The van der Waals surface area contributed by atoms with E-state index in [4.69, 9.17) is 23.2 Å². The lowest BCUT2D eigenvalue weighted by Gasteiger charge is -2.19. The molecule has 0 aliphatic rings. The number of carbonyl (C=O) groups excluding carboxylic acids is 1. The summed E-state index contributed by atoms with van der Waals surface area (Å²) >= 11 is 12.0. The van der Waals surface area contributed by atoms with Crippen molar-refractivity contribution in [2.24, 2.45) is 7.05 Å². The van der Waals surface area contributed by atoms with E-state index in [1.807, 2.05) is 20.9 Å². The lowest BCUT2D eigenvalue weighted by molar-refractivity contribution is 0.234. The number of nitrogens with one attached hydrogen (secondary N) is 2. The fourth-order valence-corrected chi connectivity index (χ4v) is 2.69. The van der Waals surface area contributed by atoms with Crippen LogP contribution in [0, 0.1) is 0 Å². The van der Waals surface area contributed by atoms with Gasteiger partial charge in [0.05, 0.1) is 12.1 Å². The van der Waals surface area contributed by atoms with E-state index >= 15 is 0 Å². The van der Waals surface area contributed by atoms with Crippen LogP contribution >= 0.6 is 23.2 Å². The minimum absolute atomic E-state index is 0.253. The summed E-state index contributed by atoms with van der Waals surface area (Å²) in [5.74, 6) is 0.673. The highest BCUT2D eigenvalue weighted by atomic mass is 35.5. The number of aromatic nitrogens is 3. The molecule has 0 spiro atoms. The van der Waals surface area contributed by atoms with Gasteiger partial charge in [0.2, 0.25) is 0 Å². The minimum Gasteiger partial charge on any atom is -0.332 e. The van der Waals surface area contributed by atoms with E-state index < -0.39 is 0 Å². The Morgan fingerprint density at radius 3 is 2.50 bits per heavy atom. The lowest BCUT2D eigenvalue weighted by atomic mass is 10.1. The van der Waals surface area contributed by atoms with Crippen molar-refractivity contribution in [3.8, 4) is 0 Å². The number of urea groups is 1. The van der Waals surface area contributed by atoms with E-state index in [0.717, 1.165) is 5.56 Å². The first-order chi connectivity index (χ1) is 10.4. The van der Waals surface area contributed by atoms with Crippen LogP contribution in [0.2, 0.25) is 10.0 Å². The zero-order valence-electron chi connectivity index (χ0n) is 12.5. The molecule has 0 radical (unpaired) electrons. The maximum absolute atomic E-state index is 12.1. The second-order valence-corrected chi connectivity index (χ2v) is 5.87. The van der Waals surface area contributed by atoms with E-state index in [2.05, 4.69) is 20.8 Å². The largest absolute Gasteiger partial charge is 0.332 e. The fraction of sp³-hybridized carbons (Fsp3) is 0.357. The molecule has 0 aliphatic heterocycles. The highest BCUT2D eigenvalue weighted by Gasteiger charge is 2.17. The molecule has 2 atom stereocenters. The van der Waals surface area contributed by atoms with E-state index in [1.54, 1.807) is 29.1 Å². The quantitative estimate of drug-likeness (QED) is 0.896. The van der Waals surface area contributed by atoms with Gasteiger partial charge in [-0.15, -0.1) is 10.2 Å². The molecule has 0 aliphatic carbocycles. The van der Waals surface area contributed by atoms with Crippen molar-refractivity contribution in [3.05, 3.63) is 46.0 Å². The Labute approximate surface area is 138 Å². The van der Waals surface area contributed by atoms with Crippen LogP contribution in [-0.2, 0) is 7.05 Å². The molecule has 1 aromatic heterocycles. The van der Waals surface area contributed by atoms with Gasteiger partial charge in [-0.25, -0.2) is 4.79 Å². The molecule has 118 valence electrons. The van der Waals surface area contributed by atoms with Gasteiger partial charge in [-0.05, 0) is 31.5 Å². The number of hydrogen-bond acceptors (Lipinski definition) is 3. The Balaban J connectivity index is 1.98. The minimum atomic E-state index is -0.311. The number of benzene rings is 1. The fourth-order valence-electron chi connectivity index (χ4n) is 2.11. The third-order valence-corrected chi connectivity index (χ3v) is 3.82. The summed E-state index contributed by atoms with van der Waals surface area (Å²) in [7, 11) is 1.82. The molecule has 22 heavy (non-hydrogen) atoms. The van der Waals surface area contributed by atoms with Crippen LogP contribution in [0.15, 0.2) is 24.5 Å². The van der Waals surface area contributed by atoms with Gasteiger partial charge in [0.1, 0.15) is 6.33 Å². The first-order valence-corrected chi connectivity index (χ1v) is 7.50. The molecule has 2 aromatic rings. The third-order valence-electron chi connectivity index (χ3n) is 3.26. The van der Waals surface area contributed by atoms with Crippen molar-refractivity contribution < 1.29 is 4.79 Å². The average molecular weight is 342 g/mol. The molecule has 1 aromatic carbocycles. The summed E-state index contributed by atoms with van der Waals surface area (Å²) < 4.78 is 1.75. The zero-order chi connectivity index (χ0) is 16.3. The van der Waals surface area contributed by atoms with Crippen LogP contribution in [0.3, 0.4) is 0 Å². The van der Waals surface area contributed by atoms with E-state index in [0.29, 0.717) is 15.9 Å². The summed E-state index contributed by atoms with van der Waals surface area (Å²) in [6.07, 6.45) is 1.58. The standard InChI is InChI=1S/C14H17Cl2N5O/c1-8(11-5-4-10(15)6-12(11)16)18-14(22)19-9(2)13-20-17-7-21(13)3/h4-9H,1-3H3,(H2,18,19,22)/t8-,9+/m1/s1. The van der Waals surface area contributed by atoms with Crippen LogP contribution in [-0.4, -0.2) is 20.8 Å². The third kappa shape index (κ3) is 3.90. The molecule has 2 amide bonds. The number of aryl methyl sites for hydroxylation is 1. The first-order valence-electron chi connectivity index (χ1n) is 6.74. The smallest absolute Gasteiger partial charge is 0.315 e. The summed E-state index contributed by atoms with van der Waals surface area (Å²) in [5.41, 5.74) is 0.799. The molecule has 1 heterocycles. The van der Waals surface area contributed by atoms with Crippen molar-refractivity contribution in [2.45, 2.75) is 25.9 Å². The Kier molecular flexibility index (Phi) is 5.26. The lowest BCUT2D eigenvalue weighted by Crippen LogP contribution is -2.39. The van der Waals surface area contributed by atoms with Crippen LogP contribution in [0.4, 0.5) is 4.79 Å². The van der Waals surface area contributed by atoms with Crippen molar-refractivity contribution in [2.75, 3.05) is 0 Å². The van der Waals surface area contributed by atoms with E-state index in [1.165, 1.54) is 0 Å². The molecule has 0 unspecified atom stereocenters. The number of rotatable bonds is 4. The van der Waals surface area contributed by atoms with Gasteiger partial charge >= 0.3 is 6.03 Å². The number of halogens is 2. The molecule has 2 rings (SSSR count). The van der Waals surface area contributed by atoms with E-state index in [-0.39, 0.29) is 18.1 Å². The molecule has 2 N–H and O–H groups in total. The van der Waals surface area contributed by atoms with Crippen LogP contribution in [0.1, 0.15) is 37.3 Å². The molecule has 0 saturated carbocycles. The van der Waals surface area contributed by atoms with Crippen LogP contribution in [0.5, 0.6) is 0 Å². The predicted molar refractivity (Wildman–Crippen MR) is 86.0 cm³/mol. The maximum atomic E-state index is 12.1. The monoisotopic (exact) mass is 341 g/mol. The molecule has 8 heteroatoms. The van der Waals surface area contributed by atoms with Gasteiger partial charge in [0, 0.05) is 17.1 Å². The molecule has 0 fully saturated rings. The van der Waals surface area contributed by atoms with Crippen LogP contribution < -0.4 is 10.6 Å². The van der Waals surface area contributed by atoms with Crippen molar-refractivity contribution in [1.29, 1.82) is 0 Å². The molecule has 6 nitrogen and oxygen atoms in total. The van der Waals surface area contributed by atoms with E-state index in [9.17, 15) is 4.79 Å². The molecular formula is C14H17Cl2N5O. The van der Waals surface area contributed by atoms with Gasteiger partial charge in [-0.3, -0.25) is 0 Å². The van der Waals surface area contributed by atoms with Gasteiger partial charge in [0.25, 0.3) is 0 Å². The molecule has 0 bridgehead atoms. The number of amides is 2. The van der Waals surface area contributed by atoms with Crippen molar-refractivity contribution in [3.63, 3.8) is 0 Å². The van der Waals surface area contributed by atoms with Crippen molar-refractivity contribution in [1.82, 2.24) is 25.4 Å². The number of hydrogen-bond donors (Lipinski definition) is 2. The SMILES string of the molecule is C[C@H](NC(=O)N[C@H](C)c1ccc(Cl)cc1Cl)c1nncn1C. The second kappa shape index (κ2) is 6.98. The van der Waals surface area contributed by atoms with Crippen molar-refractivity contribution >= 4 is 29.2 Å².